The summed E-state index contributed by atoms with van der Waals surface area (Å²) < 4.78 is 82.1. The van der Waals surface area contributed by atoms with Crippen LogP contribution in [0.4, 0.5) is 26.3 Å². The van der Waals surface area contributed by atoms with Crippen LogP contribution in [0.15, 0.2) is 43.0 Å². The van der Waals surface area contributed by atoms with Crippen molar-refractivity contribution in [3.05, 3.63) is 59.9 Å². The largest absolute Gasteiger partial charge is 0.434 e. The van der Waals surface area contributed by atoms with Crippen molar-refractivity contribution in [2.24, 2.45) is 0 Å². The predicted molar refractivity (Wildman–Crippen MR) is 110 cm³/mol. The van der Waals surface area contributed by atoms with Gasteiger partial charge in [-0.05, 0) is 19.4 Å². The number of fused-ring (bicyclic) bond motifs is 1. The van der Waals surface area contributed by atoms with Crippen molar-refractivity contribution in [2.75, 3.05) is 0 Å². The Morgan fingerprint density at radius 2 is 1.68 bits per heavy atom. The van der Waals surface area contributed by atoms with Gasteiger partial charge < -0.3 is 4.57 Å². The zero-order chi connectivity index (χ0) is 24.8. The zero-order valence-electron chi connectivity index (χ0n) is 18.0. The van der Waals surface area contributed by atoms with E-state index in [1.807, 2.05) is 0 Å². The van der Waals surface area contributed by atoms with E-state index < -0.39 is 30.2 Å². The van der Waals surface area contributed by atoms with Gasteiger partial charge in [-0.3, -0.25) is 14.5 Å². The van der Waals surface area contributed by atoms with Crippen molar-refractivity contribution >= 4 is 11.2 Å². The first-order valence-electron chi connectivity index (χ1n) is 10.1. The molecule has 180 valence electrons. The van der Waals surface area contributed by atoms with Gasteiger partial charge in [-0.1, -0.05) is 24.3 Å². The second kappa shape index (κ2) is 8.29. The number of rotatable bonds is 5. The number of nitrogens with zero attached hydrogens (tertiary/aromatic N) is 6. The molecule has 0 saturated heterocycles. The fourth-order valence-corrected chi connectivity index (χ4v) is 3.64. The molecular weight excluding hydrogens is 464 g/mol. The molecule has 0 aliphatic carbocycles. The maximum atomic E-state index is 13.2. The monoisotopic (exact) mass is 483 g/mol. The molecule has 0 aliphatic rings. The van der Waals surface area contributed by atoms with Crippen LogP contribution in [0, 0.1) is 5.41 Å². The molecule has 0 saturated carbocycles. The summed E-state index contributed by atoms with van der Waals surface area (Å²) in [5.74, 6) is 0.150. The lowest BCUT2D eigenvalue weighted by molar-refractivity contribution is -0.141. The van der Waals surface area contributed by atoms with Crippen molar-refractivity contribution in [3.63, 3.8) is 0 Å². The van der Waals surface area contributed by atoms with E-state index in [1.165, 1.54) is 21.7 Å². The second-order valence-corrected chi connectivity index (χ2v) is 7.99. The summed E-state index contributed by atoms with van der Waals surface area (Å²) in [5.41, 5.74) is -0.0935. The van der Waals surface area contributed by atoms with E-state index in [-0.39, 0.29) is 29.6 Å². The Labute approximate surface area is 188 Å². The third-order valence-electron chi connectivity index (χ3n) is 5.20. The van der Waals surface area contributed by atoms with Gasteiger partial charge in [0.2, 0.25) is 5.62 Å². The summed E-state index contributed by atoms with van der Waals surface area (Å²) in [6.45, 7) is 2.15. The number of benzene rings is 1. The minimum atomic E-state index is -4.58. The highest BCUT2D eigenvalue weighted by atomic mass is 19.4. The number of imidazole rings is 2. The first-order chi connectivity index (χ1) is 15.8. The van der Waals surface area contributed by atoms with E-state index in [9.17, 15) is 26.3 Å². The highest BCUT2D eigenvalue weighted by molar-refractivity contribution is 5.70. The highest BCUT2D eigenvalue weighted by Crippen LogP contribution is 2.32. The Morgan fingerprint density at radius 1 is 1.00 bits per heavy atom. The van der Waals surface area contributed by atoms with Crippen LogP contribution >= 0.6 is 0 Å². The van der Waals surface area contributed by atoms with Crippen molar-refractivity contribution in [2.45, 2.75) is 45.3 Å². The first kappa shape index (κ1) is 23.5. The molecule has 0 bridgehead atoms. The van der Waals surface area contributed by atoms with Crippen molar-refractivity contribution in [3.8, 4) is 11.4 Å². The third-order valence-corrected chi connectivity index (χ3v) is 5.20. The molecule has 3 heterocycles. The number of alkyl halides is 6. The standard InChI is InChI=1S/C21H19F6N7/c1-12(2)32-9-16(21(25,26)27)31-17(32)14-5-3-13(4-6-14)8-33-18-15(7-29-11-30-18)34(19(33)28)10-20(22,23)24/h3-7,9,11-12,28H,8,10H2,1-2H3. The van der Waals surface area contributed by atoms with Gasteiger partial charge in [0.05, 0.1) is 12.7 Å². The molecule has 0 atom stereocenters. The Bertz CT molecular complexity index is 1370. The van der Waals surface area contributed by atoms with Crippen LogP contribution in [0.2, 0.25) is 0 Å². The summed E-state index contributed by atoms with van der Waals surface area (Å²) in [4.78, 5) is 11.6. The first-order valence-corrected chi connectivity index (χ1v) is 10.1. The molecule has 34 heavy (non-hydrogen) atoms. The summed E-state index contributed by atoms with van der Waals surface area (Å²) in [7, 11) is 0. The van der Waals surface area contributed by atoms with Crippen LogP contribution in [0.25, 0.3) is 22.6 Å². The molecule has 13 heteroatoms. The number of aromatic nitrogens is 6. The molecule has 4 aromatic rings. The fraction of sp³-hybridized carbons (Fsp3) is 0.333. The minimum absolute atomic E-state index is 0.0317. The molecule has 7 nitrogen and oxygen atoms in total. The average Bonchev–Trinajstić information content (AvgIpc) is 3.30. The van der Waals surface area contributed by atoms with Gasteiger partial charge in [-0.15, -0.1) is 0 Å². The SMILES string of the molecule is CC(C)n1cc(C(F)(F)F)nc1-c1ccc(Cn2c(=N)n(CC(F)(F)F)c3cncnc32)cc1. The Morgan fingerprint density at radius 3 is 2.26 bits per heavy atom. The van der Waals surface area contributed by atoms with E-state index in [2.05, 4.69) is 15.0 Å². The van der Waals surface area contributed by atoms with E-state index in [0.29, 0.717) is 11.1 Å². The number of hydrogen-bond donors (Lipinski definition) is 1. The van der Waals surface area contributed by atoms with Gasteiger partial charge in [-0.25, -0.2) is 15.0 Å². The number of hydrogen-bond acceptors (Lipinski definition) is 4. The quantitative estimate of drug-likeness (QED) is 0.415. The van der Waals surface area contributed by atoms with Crippen LogP contribution < -0.4 is 5.62 Å². The minimum Gasteiger partial charge on any atom is -0.328 e. The van der Waals surface area contributed by atoms with Crippen LogP contribution in [-0.2, 0) is 19.3 Å². The van der Waals surface area contributed by atoms with Crippen LogP contribution in [0.3, 0.4) is 0 Å². The normalized spacial score (nSPS) is 12.7. The molecule has 1 aromatic carbocycles. The van der Waals surface area contributed by atoms with Crippen LogP contribution in [0.1, 0.15) is 31.1 Å². The van der Waals surface area contributed by atoms with E-state index in [1.54, 1.807) is 38.1 Å². The molecule has 3 aromatic heterocycles. The maximum absolute atomic E-state index is 13.2. The highest BCUT2D eigenvalue weighted by Gasteiger charge is 2.35. The van der Waals surface area contributed by atoms with Gasteiger partial charge in [0.1, 0.15) is 24.2 Å². The topological polar surface area (TPSA) is 77.3 Å². The van der Waals surface area contributed by atoms with Crippen molar-refractivity contribution in [1.82, 2.24) is 28.7 Å². The molecule has 0 spiro atoms. The maximum Gasteiger partial charge on any atom is 0.434 e. The van der Waals surface area contributed by atoms with Gasteiger partial charge in [0, 0.05) is 17.8 Å². The fourth-order valence-electron chi connectivity index (χ4n) is 3.64. The lowest BCUT2D eigenvalue weighted by Crippen LogP contribution is -2.30. The summed E-state index contributed by atoms with van der Waals surface area (Å²) in [5, 5.41) is 8.26. The summed E-state index contributed by atoms with van der Waals surface area (Å²) in [6.07, 6.45) is -5.75. The molecule has 0 amide bonds. The van der Waals surface area contributed by atoms with Crippen LogP contribution in [0.5, 0.6) is 0 Å². The number of nitrogens with one attached hydrogen (secondary N) is 1. The smallest absolute Gasteiger partial charge is 0.328 e. The van der Waals surface area contributed by atoms with Gasteiger partial charge >= 0.3 is 12.4 Å². The van der Waals surface area contributed by atoms with E-state index >= 15 is 0 Å². The van der Waals surface area contributed by atoms with Crippen LogP contribution in [-0.4, -0.2) is 34.8 Å². The van der Waals surface area contributed by atoms with E-state index in [0.717, 1.165) is 10.8 Å². The molecule has 0 aliphatic heterocycles. The van der Waals surface area contributed by atoms with Crippen molar-refractivity contribution < 1.29 is 26.3 Å². The van der Waals surface area contributed by atoms with Gasteiger partial charge in [-0.2, -0.15) is 26.3 Å². The Kier molecular flexibility index (Phi) is 5.74. The molecule has 1 N–H and O–H groups in total. The third kappa shape index (κ3) is 4.54. The molecule has 0 unspecified atom stereocenters. The lowest BCUT2D eigenvalue weighted by atomic mass is 10.1. The Hall–Kier alpha value is -3.64. The molecule has 4 rings (SSSR count). The van der Waals surface area contributed by atoms with E-state index in [4.69, 9.17) is 5.41 Å². The predicted octanol–water partition coefficient (Wildman–Crippen LogP) is 4.79. The summed E-state index contributed by atoms with van der Waals surface area (Å²) in [6, 6.07) is 6.17. The van der Waals surface area contributed by atoms with Gasteiger partial charge in [0.25, 0.3) is 0 Å². The second-order valence-electron chi connectivity index (χ2n) is 7.99. The zero-order valence-corrected chi connectivity index (χ0v) is 18.0. The average molecular weight is 483 g/mol. The number of halogens is 6. The van der Waals surface area contributed by atoms with Gasteiger partial charge in [0.15, 0.2) is 11.3 Å². The molecule has 0 fully saturated rings. The lowest BCUT2D eigenvalue weighted by Gasteiger charge is -2.12. The van der Waals surface area contributed by atoms with Crippen molar-refractivity contribution in [1.29, 1.82) is 5.41 Å². The molecular formula is C21H19F6N7. The Balaban J connectivity index is 1.70. The molecule has 0 radical (unpaired) electrons. The summed E-state index contributed by atoms with van der Waals surface area (Å²) >= 11 is 0.